The Kier molecular flexibility index (Phi) is 7.75. The van der Waals surface area contributed by atoms with E-state index in [-0.39, 0.29) is 25.9 Å². The van der Waals surface area contributed by atoms with E-state index in [4.69, 9.17) is 7.16 Å². The molecule has 0 fully saturated rings. The van der Waals surface area contributed by atoms with Crippen molar-refractivity contribution < 1.29 is 31.7 Å². The first kappa shape index (κ1) is 24.6. The predicted molar refractivity (Wildman–Crippen MR) is 154 cm³/mol. The third-order valence-corrected chi connectivity index (χ3v) is 6.14. The van der Waals surface area contributed by atoms with Gasteiger partial charge in [-0.25, -0.2) is 4.39 Å². The molecule has 0 amide bonds. The molecule has 0 saturated heterocycles. The molecule has 0 unspecified atom stereocenters. The molecule has 0 aliphatic carbocycles. The molecule has 0 atom stereocenters. The maximum Gasteiger partial charge on any atom is 0.123 e. The number of nitrogens with zero attached hydrogens (tertiary/aromatic N) is 2. The van der Waals surface area contributed by atoms with Crippen molar-refractivity contribution in [1.29, 1.82) is 0 Å². The Labute approximate surface area is 248 Å². The van der Waals surface area contributed by atoms with Crippen LogP contribution in [0.1, 0.15) is 13.9 Å². The van der Waals surface area contributed by atoms with Gasteiger partial charge in [0.15, 0.2) is 0 Å². The number of hydrogen-bond donors (Lipinski definition) is 0. The van der Waals surface area contributed by atoms with Crippen LogP contribution in [0.2, 0.25) is 0 Å². The van der Waals surface area contributed by atoms with Gasteiger partial charge in [0.25, 0.3) is 0 Å². The van der Waals surface area contributed by atoms with Crippen LogP contribution in [0.4, 0.5) is 4.39 Å². The third kappa shape index (κ3) is 6.07. The van der Waals surface area contributed by atoms with Gasteiger partial charge >= 0.3 is 0 Å². The molecule has 0 bridgehead atoms. The molecule has 4 aromatic carbocycles. The number of benzene rings is 4. The zero-order chi connectivity index (χ0) is 28.2. The number of aromatic nitrogens is 2. The Hall–Kier alpha value is -4.44. The minimum Gasteiger partial charge on any atom is -0.501 e. The predicted octanol–water partition coefficient (Wildman–Crippen LogP) is 8.72. The van der Waals surface area contributed by atoms with Crippen molar-refractivity contribution in [2.75, 3.05) is 0 Å². The molecule has 3 aromatic heterocycles. The molecule has 197 valence electrons. The second kappa shape index (κ2) is 12.6. The number of rotatable bonds is 4. The summed E-state index contributed by atoms with van der Waals surface area (Å²) in [7, 11) is 0. The Morgan fingerprint density at radius 1 is 0.700 bits per heavy atom. The number of para-hydroxylation sites is 1. The van der Waals surface area contributed by atoms with Crippen molar-refractivity contribution in [3.63, 3.8) is 0 Å². The molecule has 3 heterocycles. The normalized spacial score (nSPS) is 11.6. The van der Waals surface area contributed by atoms with Gasteiger partial charge in [-0.3, -0.25) is 0 Å². The maximum atomic E-state index is 13.0. The van der Waals surface area contributed by atoms with Crippen molar-refractivity contribution in [3.8, 4) is 22.5 Å². The molecule has 0 saturated carbocycles. The van der Waals surface area contributed by atoms with Crippen molar-refractivity contribution in [2.24, 2.45) is 0 Å². The van der Waals surface area contributed by atoms with Gasteiger partial charge in [0.1, 0.15) is 11.4 Å². The van der Waals surface area contributed by atoms with Crippen molar-refractivity contribution in [2.45, 2.75) is 6.37 Å². The Morgan fingerprint density at radius 2 is 1.50 bits per heavy atom. The van der Waals surface area contributed by atoms with E-state index in [1.54, 1.807) is 30.6 Å². The van der Waals surface area contributed by atoms with Crippen LogP contribution in [0, 0.1) is 17.9 Å². The van der Waals surface area contributed by atoms with Crippen LogP contribution in [-0.4, -0.2) is 9.97 Å². The molecule has 40 heavy (non-hydrogen) atoms. The fourth-order valence-corrected chi connectivity index (χ4v) is 4.30. The average Bonchev–Trinajstić information content (AvgIpc) is 3.42. The molecule has 0 aliphatic rings. The van der Waals surface area contributed by atoms with Crippen LogP contribution in [0.15, 0.2) is 132 Å². The molecule has 7 aromatic rings. The molecule has 0 N–H and O–H groups in total. The second-order valence-electron chi connectivity index (χ2n) is 8.75. The van der Waals surface area contributed by atoms with Gasteiger partial charge in [-0.1, -0.05) is 59.5 Å². The summed E-state index contributed by atoms with van der Waals surface area (Å²) in [5, 5.41) is 2.23. The third-order valence-electron chi connectivity index (χ3n) is 6.14. The molecular weight excluding hydrogens is 676 g/mol. The molecule has 0 aliphatic heterocycles. The molecule has 5 heteroatoms. The van der Waals surface area contributed by atoms with Gasteiger partial charge in [-0.05, 0) is 59.2 Å². The first-order valence-electron chi connectivity index (χ1n) is 13.4. The summed E-state index contributed by atoms with van der Waals surface area (Å²) in [5.41, 5.74) is 5.88. The average molecular weight is 701 g/mol. The van der Waals surface area contributed by atoms with Gasteiger partial charge in [0.05, 0.1) is 5.58 Å². The zero-order valence-electron chi connectivity index (χ0n) is 23.1. The molecule has 0 spiro atoms. The van der Waals surface area contributed by atoms with Crippen LogP contribution in [0.3, 0.4) is 0 Å². The van der Waals surface area contributed by atoms with E-state index in [0.29, 0.717) is 16.8 Å². The Bertz CT molecular complexity index is 1930. The van der Waals surface area contributed by atoms with Crippen molar-refractivity contribution >= 4 is 21.9 Å². The first-order chi connectivity index (χ1) is 20.0. The second-order valence-corrected chi connectivity index (χ2v) is 8.75. The Balaban J connectivity index is 0.000000165. The quantitative estimate of drug-likeness (QED) is 0.173. The van der Waals surface area contributed by atoms with Gasteiger partial charge in [-0.2, -0.15) is 0 Å². The summed E-state index contributed by atoms with van der Waals surface area (Å²) in [6.07, 6.45) is 1.64. The Morgan fingerprint density at radius 3 is 2.30 bits per heavy atom. The smallest absolute Gasteiger partial charge is 0.123 e. The maximum absolute atomic E-state index is 13.0. The summed E-state index contributed by atoms with van der Waals surface area (Å²) in [6.45, 7) is 0. The van der Waals surface area contributed by atoms with Gasteiger partial charge < -0.3 is 14.4 Å². The van der Waals surface area contributed by atoms with Crippen LogP contribution >= 0.6 is 0 Å². The summed E-state index contributed by atoms with van der Waals surface area (Å²) < 4.78 is 35.7. The first-order valence-corrected chi connectivity index (χ1v) is 12.4. The van der Waals surface area contributed by atoms with E-state index in [0.717, 1.165) is 38.8 Å². The van der Waals surface area contributed by atoms with Crippen LogP contribution in [0.25, 0.3) is 44.5 Å². The van der Waals surface area contributed by atoms with Crippen LogP contribution in [-0.2, 0) is 26.5 Å². The summed E-state index contributed by atoms with van der Waals surface area (Å²) in [6, 6.07) is 40.4. The minimum absolute atomic E-state index is 0. The van der Waals surface area contributed by atoms with E-state index in [1.807, 2.05) is 66.7 Å². The molecular formula is C35H23FIrN2O-2. The largest absolute Gasteiger partial charge is 0.501 e. The topological polar surface area (TPSA) is 38.9 Å². The number of fused-ring (bicyclic) bond motifs is 3. The zero-order valence-corrected chi connectivity index (χ0v) is 23.5. The van der Waals surface area contributed by atoms with Crippen molar-refractivity contribution in [3.05, 3.63) is 157 Å². The number of halogens is 1. The van der Waals surface area contributed by atoms with E-state index >= 15 is 0 Å². The standard InChI is InChI=1S/C18H13FN.C17H10NO.Ir/c19-17-8-6-14(7-9-17)12-15-10-11-20-18(13-15)16-4-2-1-3-5-16;1-2-10-16-12(6-1)13-7-5-8-14(17(13)19-16)15-9-3-4-11-18-15;/h1-4,6-11,13H,12H2;1-7,9-11H;/q2*-1;/i12D2;;. The van der Waals surface area contributed by atoms with Crippen molar-refractivity contribution in [1.82, 2.24) is 9.97 Å². The SMILES string of the molecule is [2H]C([2H])(c1ccc(F)cc1)c1ccnc(-c2[c-]cccc2)c1.[Ir].[c-]1ccc2c(oc3ccccc32)c1-c1ccccn1. The molecule has 1 radical (unpaired) electrons. The van der Waals surface area contributed by atoms with Crippen LogP contribution < -0.4 is 0 Å². The summed E-state index contributed by atoms with van der Waals surface area (Å²) >= 11 is 0. The molecule has 7 rings (SSSR count). The fourth-order valence-electron chi connectivity index (χ4n) is 4.30. The van der Waals surface area contributed by atoms with Gasteiger partial charge in [0.2, 0.25) is 0 Å². The van der Waals surface area contributed by atoms with E-state index in [1.165, 1.54) is 24.3 Å². The number of furan rings is 1. The van der Waals surface area contributed by atoms with Gasteiger partial charge in [0, 0.05) is 40.6 Å². The summed E-state index contributed by atoms with van der Waals surface area (Å²) in [5.74, 6) is -0.381. The van der Waals surface area contributed by atoms with Crippen LogP contribution in [0.5, 0.6) is 0 Å². The fraction of sp³-hybridized carbons (Fsp3) is 0.0286. The minimum atomic E-state index is -1.72. The van der Waals surface area contributed by atoms with E-state index < -0.39 is 6.37 Å². The monoisotopic (exact) mass is 701 g/mol. The number of hydrogen-bond acceptors (Lipinski definition) is 3. The van der Waals surface area contributed by atoms with E-state index in [9.17, 15) is 4.39 Å². The number of pyridine rings is 2. The van der Waals surface area contributed by atoms with E-state index in [2.05, 4.69) is 28.2 Å². The molecule has 3 nitrogen and oxygen atoms in total. The van der Waals surface area contributed by atoms with Gasteiger partial charge in [-0.15, -0.1) is 54.1 Å². The summed E-state index contributed by atoms with van der Waals surface area (Å²) in [4.78, 5) is 8.65.